The fraction of sp³-hybridized carbons (Fsp3) is 0.526. The van der Waals surface area contributed by atoms with Crippen LogP contribution in [0, 0.1) is 18.8 Å². The van der Waals surface area contributed by atoms with E-state index < -0.39 is 0 Å². The minimum atomic E-state index is 0.0308. The average molecular weight is 357 g/mol. The number of carbonyl (C=O) groups excluding carboxylic acids is 1. The van der Waals surface area contributed by atoms with Gasteiger partial charge in [-0.2, -0.15) is 0 Å². The molecular formula is C19H23N3O4. The molecule has 0 N–H and O–H groups in total. The number of aryl methyl sites for hydroxylation is 1. The van der Waals surface area contributed by atoms with Gasteiger partial charge < -0.3 is 18.8 Å². The molecule has 0 spiro atoms. The van der Waals surface area contributed by atoms with E-state index in [4.69, 9.17) is 13.9 Å². The van der Waals surface area contributed by atoms with Crippen LogP contribution < -0.4 is 4.74 Å². The van der Waals surface area contributed by atoms with Crippen molar-refractivity contribution in [1.29, 1.82) is 0 Å². The number of hydrogen-bond donors (Lipinski definition) is 0. The number of carbonyl (C=O) groups is 1. The zero-order valence-electron chi connectivity index (χ0n) is 14.8. The molecule has 2 aliphatic rings. The van der Waals surface area contributed by atoms with Crippen LogP contribution in [0.1, 0.15) is 18.2 Å². The second-order valence-electron chi connectivity index (χ2n) is 6.94. The first-order valence-electron chi connectivity index (χ1n) is 9.05. The maximum atomic E-state index is 12.5. The van der Waals surface area contributed by atoms with Gasteiger partial charge in [0.15, 0.2) is 6.61 Å². The third-order valence-electron chi connectivity index (χ3n) is 5.20. The number of ether oxygens (including phenoxy) is 2. The molecule has 26 heavy (non-hydrogen) atoms. The van der Waals surface area contributed by atoms with E-state index in [-0.39, 0.29) is 18.6 Å². The molecule has 0 unspecified atom stereocenters. The fourth-order valence-electron chi connectivity index (χ4n) is 3.87. The van der Waals surface area contributed by atoms with Gasteiger partial charge in [0.25, 0.3) is 5.91 Å². The molecule has 2 fully saturated rings. The fourth-order valence-corrected chi connectivity index (χ4v) is 3.87. The van der Waals surface area contributed by atoms with Crippen molar-refractivity contribution in [2.75, 3.05) is 26.3 Å². The Hall–Kier alpha value is -2.41. The predicted octanol–water partition coefficient (Wildman–Crippen LogP) is 1.86. The number of amides is 1. The van der Waals surface area contributed by atoms with Crippen LogP contribution >= 0.6 is 0 Å². The summed E-state index contributed by atoms with van der Waals surface area (Å²) < 4.78 is 17.0. The first kappa shape index (κ1) is 17.0. The van der Waals surface area contributed by atoms with Gasteiger partial charge in [-0.05, 0) is 24.5 Å². The third kappa shape index (κ3) is 3.72. The molecule has 3 atom stereocenters. The summed E-state index contributed by atoms with van der Waals surface area (Å²) in [5, 5.41) is 7.94. The van der Waals surface area contributed by atoms with Crippen LogP contribution in [0.25, 0.3) is 0 Å². The Morgan fingerprint density at radius 3 is 2.92 bits per heavy atom. The Morgan fingerprint density at radius 2 is 2.15 bits per heavy atom. The van der Waals surface area contributed by atoms with Crippen LogP contribution in [0.5, 0.6) is 5.75 Å². The second kappa shape index (κ2) is 7.45. The summed E-state index contributed by atoms with van der Waals surface area (Å²) in [6.07, 6.45) is 1.67. The highest BCUT2D eigenvalue weighted by atomic mass is 16.5. The van der Waals surface area contributed by atoms with Gasteiger partial charge in [0.1, 0.15) is 5.75 Å². The molecule has 0 aliphatic carbocycles. The third-order valence-corrected chi connectivity index (χ3v) is 5.20. The summed E-state index contributed by atoms with van der Waals surface area (Å²) >= 11 is 0. The molecule has 7 heteroatoms. The first-order valence-corrected chi connectivity index (χ1v) is 9.05. The molecule has 1 aromatic heterocycles. The maximum Gasteiger partial charge on any atom is 0.260 e. The van der Waals surface area contributed by atoms with Crippen molar-refractivity contribution >= 4 is 5.91 Å². The quantitative estimate of drug-likeness (QED) is 0.813. The van der Waals surface area contributed by atoms with Crippen molar-refractivity contribution in [1.82, 2.24) is 15.1 Å². The van der Waals surface area contributed by atoms with Crippen molar-refractivity contribution in [2.24, 2.45) is 11.8 Å². The largest absolute Gasteiger partial charge is 0.484 e. The zero-order valence-corrected chi connectivity index (χ0v) is 14.8. The van der Waals surface area contributed by atoms with Crippen LogP contribution in [0.4, 0.5) is 0 Å². The molecule has 1 aromatic carbocycles. The van der Waals surface area contributed by atoms with E-state index in [2.05, 4.69) is 10.2 Å². The molecule has 4 rings (SSSR count). The molecular weight excluding hydrogens is 334 g/mol. The number of nitrogens with zero attached hydrogens (tertiary/aromatic N) is 3. The lowest BCUT2D eigenvalue weighted by Crippen LogP contribution is -2.46. The molecule has 0 bridgehead atoms. The minimum Gasteiger partial charge on any atom is -0.484 e. The Kier molecular flexibility index (Phi) is 4.88. The summed E-state index contributed by atoms with van der Waals surface area (Å²) in [4.78, 5) is 14.4. The minimum absolute atomic E-state index is 0.0308. The van der Waals surface area contributed by atoms with Gasteiger partial charge >= 0.3 is 0 Å². The number of likely N-dealkylation sites (tertiary alicyclic amines) is 1. The number of hydrogen-bond acceptors (Lipinski definition) is 6. The highest BCUT2D eigenvalue weighted by molar-refractivity contribution is 5.77. The SMILES string of the molecule is Cc1nnc(C[C@@H]2OC[C@H]3CN(C(=O)COc4ccccc4)CC[C@H]32)o1. The van der Waals surface area contributed by atoms with E-state index in [1.165, 1.54) is 0 Å². The van der Waals surface area contributed by atoms with Crippen LogP contribution in [0.15, 0.2) is 34.7 Å². The lowest BCUT2D eigenvalue weighted by molar-refractivity contribution is -0.135. The normalized spacial score (nSPS) is 25.1. The Bertz CT molecular complexity index is 748. The average Bonchev–Trinajstić information content (AvgIpc) is 3.26. The summed E-state index contributed by atoms with van der Waals surface area (Å²) in [5.41, 5.74) is 0. The standard InChI is InChI=1S/C19H23N3O4/c1-13-20-21-18(26-13)9-17-16-7-8-22(10-14(16)11-25-17)19(23)12-24-15-5-3-2-4-6-15/h2-6,14,16-17H,7-12H2,1H3/t14-,16-,17+/m1/s1. The first-order chi connectivity index (χ1) is 12.7. The Morgan fingerprint density at radius 1 is 1.31 bits per heavy atom. The molecule has 0 radical (unpaired) electrons. The molecule has 138 valence electrons. The second-order valence-corrected chi connectivity index (χ2v) is 6.94. The van der Waals surface area contributed by atoms with Crippen LogP contribution in [-0.4, -0.2) is 53.4 Å². The van der Waals surface area contributed by atoms with E-state index in [0.717, 1.165) is 25.3 Å². The van der Waals surface area contributed by atoms with Gasteiger partial charge in [-0.25, -0.2) is 0 Å². The van der Waals surface area contributed by atoms with Gasteiger partial charge in [0.05, 0.1) is 19.1 Å². The highest BCUT2D eigenvalue weighted by Crippen LogP contribution is 2.35. The molecule has 0 saturated carbocycles. The molecule has 2 aliphatic heterocycles. The van der Waals surface area contributed by atoms with Crippen molar-refractivity contribution in [3.63, 3.8) is 0 Å². The smallest absolute Gasteiger partial charge is 0.260 e. The van der Waals surface area contributed by atoms with Crippen molar-refractivity contribution in [3.05, 3.63) is 42.1 Å². The summed E-state index contributed by atoms with van der Waals surface area (Å²) in [6, 6.07) is 9.42. The lowest BCUT2D eigenvalue weighted by atomic mass is 9.83. The maximum absolute atomic E-state index is 12.5. The lowest BCUT2D eigenvalue weighted by Gasteiger charge is -2.35. The number of benzene rings is 1. The Labute approximate surface area is 152 Å². The summed E-state index contributed by atoms with van der Waals surface area (Å²) in [6.45, 7) is 4.00. The molecule has 1 amide bonds. The predicted molar refractivity (Wildman–Crippen MR) is 92.6 cm³/mol. The summed E-state index contributed by atoms with van der Waals surface area (Å²) in [5.74, 6) is 2.74. The van der Waals surface area contributed by atoms with E-state index in [0.29, 0.717) is 36.6 Å². The highest BCUT2D eigenvalue weighted by Gasteiger charge is 2.42. The number of piperidine rings is 1. The van der Waals surface area contributed by atoms with Crippen molar-refractivity contribution in [2.45, 2.75) is 25.9 Å². The van der Waals surface area contributed by atoms with Crippen LogP contribution in [-0.2, 0) is 16.0 Å². The van der Waals surface area contributed by atoms with Crippen molar-refractivity contribution < 1.29 is 18.7 Å². The van der Waals surface area contributed by atoms with E-state index in [1.807, 2.05) is 35.2 Å². The van der Waals surface area contributed by atoms with Gasteiger partial charge in [-0.15, -0.1) is 10.2 Å². The number of fused-ring (bicyclic) bond motifs is 1. The number of para-hydroxylation sites is 1. The van der Waals surface area contributed by atoms with Crippen LogP contribution in [0.2, 0.25) is 0 Å². The summed E-state index contributed by atoms with van der Waals surface area (Å²) in [7, 11) is 0. The molecule has 7 nitrogen and oxygen atoms in total. The molecule has 2 aromatic rings. The topological polar surface area (TPSA) is 77.7 Å². The van der Waals surface area contributed by atoms with Gasteiger partial charge in [-0.1, -0.05) is 18.2 Å². The number of rotatable bonds is 5. The molecule has 2 saturated heterocycles. The van der Waals surface area contributed by atoms with E-state index in [9.17, 15) is 4.79 Å². The van der Waals surface area contributed by atoms with Gasteiger partial charge in [0.2, 0.25) is 11.8 Å². The van der Waals surface area contributed by atoms with E-state index in [1.54, 1.807) is 6.92 Å². The zero-order chi connectivity index (χ0) is 17.9. The van der Waals surface area contributed by atoms with Gasteiger partial charge in [0, 0.05) is 25.9 Å². The monoisotopic (exact) mass is 357 g/mol. The van der Waals surface area contributed by atoms with Gasteiger partial charge in [-0.3, -0.25) is 4.79 Å². The van der Waals surface area contributed by atoms with E-state index >= 15 is 0 Å². The molecule has 3 heterocycles. The van der Waals surface area contributed by atoms with Crippen LogP contribution in [0.3, 0.4) is 0 Å². The number of aromatic nitrogens is 2. The Balaban J connectivity index is 1.29. The van der Waals surface area contributed by atoms with Crippen molar-refractivity contribution in [3.8, 4) is 5.75 Å².